The molecule has 0 unspecified atom stereocenters. The van der Waals surface area contributed by atoms with Crippen LogP contribution in [0.4, 0.5) is 16.2 Å². The lowest BCUT2D eigenvalue weighted by atomic mass is 9.90. The second kappa shape index (κ2) is 9.55. The van der Waals surface area contributed by atoms with Crippen molar-refractivity contribution in [1.29, 1.82) is 0 Å². The first-order valence-electron chi connectivity index (χ1n) is 11.6. The lowest BCUT2D eigenvalue weighted by Crippen LogP contribution is -2.32. The van der Waals surface area contributed by atoms with Gasteiger partial charge in [-0.1, -0.05) is 54.6 Å². The summed E-state index contributed by atoms with van der Waals surface area (Å²) in [6.07, 6.45) is 0. The van der Waals surface area contributed by atoms with Crippen LogP contribution in [0.5, 0.6) is 11.5 Å². The Morgan fingerprint density at radius 3 is 1.60 bits per heavy atom. The van der Waals surface area contributed by atoms with Gasteiger partial charge in [-0.2, -0.15) is 0 Å². The number of methoxy groups -OCH3 is 2. The van der Waals surface area contributed by atoms with Gasteiger partial charge >= 0.3 is 6.03 Å². The van der Waals surface area contributed by atoms with Gasteiger partial charge in [-0.3, -0.25) is 9.80 Å². The van der Waals surface area contributed by atoms with Gasteiger partial charge in [-0.25, -0.2) is 4.79 Å². The van der Waals surface area contributed by atoms with Crippen LogP contribution in [0, 0.1) is 6.92 Å². The Bertz CT molecular complexity index is 1300. The van der Waals surface area contributed by atoms with Crippen LogP contribution in [0.15, 0.2) is 103 Å². The van der Waals surface area contributed by atoms with Crippen LogP contribution in [-0.2, 0) is 0 Å². The zero-order valence-corrected chi connectivity index (χ0v) is 20.1. The number of anilines is 2. The van der Waals surface area contributed by atoms with Gasteiger partial charge in [0.1, 0.15) is 11.5 Å². The molecule has 2 atom stereocenters. The smallest absolute Gasteiger partial charge is 0.330 e. The summed E-state index contributed by atoms with van der Waals surface area (Å²) in [6, 6.07) is 33.3. The monoisotopic (exact) mass is 464 g/mol. The SMILES string of the molecule is COc1ccc(N2C(=O)N(c3ccc(OC)cc3)[C@@H](c3ccccc3C)[C@@H]2c2ccccc2)cc1. The summed E-state index contributed by atoms with van der Waals surface area (Å²) >= 11 is 0. The van der Waals surface area contributed by atoms with Gasteiger partial charge in [0.05, 0.1) is 26.3 Å². The third kappa shape index (κ3) is 4.10. The molecule has 4 aromatic rings. The fourth-order valence-electron chi connectivity index (χ4n) is 4.87. The molecule has 2 amide bonds. The molecule has 1 aliphatic rings. The third-order valence-electron chi connectivity index (χ3n) is 6.62. The van der Waals surface area contributed by atoms with Crippen molar-refractivity contribution in [2.24, 2.45) is 0 Å². The maximum Gasteiger partial charge on any atom is 0.330 e. The fraction of sp³-hybridized carbons (Fsp3) is 0.167. The number of carbonyl (C=O) groups is 1. The number of nitrogens with zero attached hydrogens (tertiary/aromatic N) is 2. The van der Waals surface area contributed by atoms with Crippen molar-refractivity contribution in [1.82, 2.24) is 0 Å². The number of urea groups is 1. The highest BCUT2D eigenvalue weighted by molar-refractivity contribution is 6.08. The van der Waals surface area contributed by atoms with Gasteiger partial charge in [0, 0.05) is 11.4 Å². The maximum atomic E-state index is 14.3. The van der Waals surface area contributed by atoms with E-state index in [2.05, 4.69) is 31.2 Å². The van der Waals surface area contributed by atoms with Crippen molar-refractivity contribution < 1.29 is 14.3 Å². The molecule has 0 aliphatic carbocycles. The summed E-state index contributed by atoms with van der Waals surface area (Å²) < 4.78 is 10.7. The Kier molecular flexibility index (Phi) is 6.15. The summed E-state index contributed by atoms with van der Waals surface area (Å²) in [5.41, 5.74) is 4.96. The molecule has 1 fully saturated rings. The van der Waals surface area contributed by atoms with Gasteiger partial charge in [0.2, 0.25) is 0 Å². The number of ether oxygens (including phenoxy) is 2. The minimum Gasteiger partial charge on any atom is -0.497 e. The van der Waals surface area contributed by atoms with E-state index in [1.54, 1.807) is 14.2 Å². The molecule has 1 aliphatic heterocycles. The van der Waals surface area contributed by atoms with E-state index in [-0.39, 0.29) is 18.1 Å². The second-order valence-corrected chi connectivity index (χ2v) is 8.58. The van der Waals surface area contributed by atoms with E-state index < -0.39 is 0 Å². The molecule has 0 N–H and O–H groups in total. The quantitative estimate of drug-likeness (QED) is 0.310. The van der Waals surface area contributed by atoms with Crippen LogP contribution in [0.2, 0.25) is 0 Å². The van der Waals surface area contributed by atoms with Crippen LogP contribution in [-0.4, -0.2) is 20.3 Å². The average molecular weight is 465 g/mol. The number of aryl methyl sites for hydroxylation is 1. The Labute approximate surface area is 206 Å². The normalized spacial score (nSPS) is 17.5. The van der Waals surface area contributed by atoms with E-state index in [9.17, 15) is 4.79 Å². The third-order valence-corrected chi connectivity index (χ3v) is 6.62. The standard InChI is InChI=1S/C30H28N2O3/c1-21-9-7-8-12-27(21)29-28(22-10-5-4-6-11-22)31(23-13-17-25(34-2)18-14-23)30(33)32(29)24-15-19-26(35-3)20-16-24/h4-20,28-29H,1-3H3/t28-,29-/m0/s1. The van der Waals surface area contributed by atoms with Crippen molar-refractivity contribution >= 4 is 17.4 Å². The largest absolute Gasteiger partial charge is 0.497 e. The number of hydrogen-bond acceptors (Lipinski definition) is 3. The molecule has 0 saturated carbocycles. The fourth-order valence-corrected chi connectivity index (χ4v) is 4.87. The van der Waals surface area contributed by atoms with E-state index in [0.717, 1.165) is 39.6 Å². The van der Waals surface area contributed by atoms with Crippen molar-refractivity contribution in [3.8, 4) is 11.5 Å². The molecule has 5 heteroatoms. The molecular formula is C30H28N2O3. The van der Waals surface area contributed by atoms with Gasteiger partial charge in [0.25, 0.3) is 0 Å². The Balaban J connectivity index is 1.73. The summed E-state index contributed by atoms with van der Waals surface area (Å²) in [7, 11) is 3.28. The van der Waals surface area contributed by atoms with Crippen molar-refractivity contribution in [3.63, 3.8) is 0 Å². The first-order chi connectivity index (χ1) is 17.1. The number of rotatable bonds is 6. The van der Waals surface area contributed by atoms with Crippen molar-refractivity contribution in [3.05, 3.63) is 120 Å². The first-order valence-corrected chi connectivity index (χ1v) is 11.6. The first kappa shape index (κ1) is 22.5. The van der Waals surface area contributed by atoms with Crippen LogP contribution in [0.1, 0.15) is 28.8 Å². The van der Waals surface area contributed by atoms with E-state index in [4.69, 9.17) is 9.47 Å². The molecule has 0 spiro atoms. The minimum absolute atomic E-state index is 0.0811. The van der Waals surface area contributed by atoms with Gasteiger partial charge in [-0.05, 0) is 72.1 Å². The molecule has 0 bridgehead atoms. The van der Waals surface area contributed by atoms with Gasteiger partial charge in [0.15, 0.2) is 0 Å². The summed E-state index contributed by atoms with van der Waals surface area (Å²) in [5.74, 6) is 1.50. The van der Waals surface area contributed by atoms with E-state index in [0.29, 0.717) is 0 Å². The molecule has 35 heavy (non-hydrogen) atoms. The van der Waals surface area contributed by atoms with E-state index in [1.165, 1.54) is 0 Å². The Morgan fingerprint density at radius 1 is 0.600 bits per heavy atom. The molecule has 4 aromatic carbocycles. The molecule has 0 aromatic heterocycles. The van der Waals surface area contributed by atoms with Crippen molar-refractivity contribution in [2.45, 2.75) is 19.0 Å². The highest BCUT2D eigenvalue weighted by Crippen LogP contribution is 2.49. The van der Waals surface area contributed by atoms with Gasteiger partial charge < -0.3 is 9.47 Å². The van der Waals surface area contributed by atoms with E-state index in [1.807, 2.05) is 88.7 Å². The summed E-state index contributed by atoms with van der Waals surface area (Å²) in [4.78, 5) is 18.1. The number of hydrogen-bond donors (Lipinski definition) is 0. The number of amides is 2. The zero-order chi connectivity index (χ0) is 24.4. The minimum atomic E-state index is -0.236. The van der Waals surface area contributed by atoms with Crippen LogP contribution in [0.3, 0.4) is 0 Å². The van der Waals surface area contributed by atoms with Crippen LogP contribution in [0.25, 0.3) is 0 Å². The molecule has 5 nitrogen and oxygen atoms in total. The highest BCUT2D eigenvalue weighted by atomic mass is 16.5. The predicted molar refractivity (Wildman–Crippen MR) is 139 cm³/mol. The average Bonchev–Trinajstić information content (AvgIpc) is 3.22. The summed E-state index contributed by atoms with van der Waals surface area (Å²) in [5, 5.41) is 0. The topological polar surface area (TPSA) is 42.0 Å². The molecule has 176 valence electrons. The second-order valence-electron chi connectivity index (χ2n) is 8.58. The van der Waals surface area contributed by atoms with Crippen molar-refractivity contribution in [2.75, 3.05) is 24.0 Å². The van der Waals surface area contributed by atoms with E-state index >= 15 is 0 Å². The van der Waals surface area contributed by atoms with Crippen LogP contribution < -0.4 is 19.3 Å². The Morgan fingerprint density at radius 2 is 1.09 bits per heavy atom. The maximum absolute atomic E-state index is 14.3. The molecule has 0 radical (unpaired) electrons. The Hall–Kier alpha value is -4.25. The molecule has 1 heterocycles. The molecular weight excluding hydrogens is 436 g/mol. The highest BCUT2D eigenvalue weighted by Gasteiger charge is 2.49. The number of benzene rings is 4. The molecule has 1 saturated heterocycles. The summed E-state index contributed by atoms with van der Waals surface area (Å²) in [6.45, 7) is 2.10. The predicted octanol–water partition coefficient (Wildman–Crippen LogP) is 6.94. The molecule has 5 rings (SSSR count). The zero-order valence-electron chi connectivity index (χ0n) is 20.1. The van der Waals surface area contributed by atoms with Crippen LogP contribution >= 0.6 is 0 Å². The van der Waals surface area contributed by atoms with Gasteiger partial charge in [-0.15, -0.1) is 0 Å². The lowest BCUT2D eigenvalue weighted by Gasteiger charge is -2.30. The lowest BCUT2D eigenvalue weighted by molar-refractivity contribution is 0.255. The number of carbonyl (C=O) groups excluding carboxylic acids is 1.